The third-order valence-corrected chi connectivity index (χ3v) is 3.66. The summed E-state index contributed by atoms with van der Waals surface area (Å²) in [7, 11) is 0. The van der Waals surface area contributed by atoms with Gasteiger partial charge in [-0.1, -0.05) is 38.1 Å². The number of fused-ring (bicyclic) bond motifs is 1. The summed E-state index contributed by atoms with van der Waals surface area (Å²) in [4.78, 5) is 12.0. The highest BCUT2D eigenvalue weighted by atomic mass is 16.1. The number of benzene rings is 1. The lowest BCUT2D eigenvalue weighted by Gasteiger charge is -2.30. The highest BCUT2D eigenvalue weighted by molar-refractivity contribution is 5.82. The van der Waals surface area contributed by atoms with E-state index in [4.69, 9.17) is 0 Å². The Morgan fingerprint density at radius 2 is 2.24 bits per heavy atom. The highest BCUT2D eigenvalue weighted by Gasteiger charge is 2.28. The fourth-order valence-electron chi connectivity index (χ4n) is 2.46. The number of ketones is 1. The van der Waals surface area contributed by atoms with Crippen molar-refractivity contribution in [2.24, 2.45) is 5.92 Å². The maximum absolute atomic E-state index is 12.0. The van der Waals surface area contributed by atoms with E-state index < -0.39 is 0 Å². The molecule has 0 amide bonds. The van der Waals surface area contributed by atoms with Crippen molar-refractivity contribution in [1.82, 2.24) is 5.32 Å². The van der Waals surface area contributed by atoms with Gasteiger partial charge in [0, 0.05) is 18.9 Å². The van der Waals surface area contributed by atoms with Crippen LogP contribution in [0.25, 0.3) is 0 Å². The van der Waals surface area contributed by atoms with Gasteiger partial charge in [0.1, 0.15) is 5.78 Å². The van der Waals surface area contributed by atoms with E-state index in [0.29, 0.717) is 18.1 Å². The molecule has 1 N–H and O–H groups in total. The summed E-state index contributed by atoms with van der Waals surface area (Å²) in [5.41, 5.74) is 2.81. The molecule has 0 aliphatic heterocycles. The van der Waals surface area contributed by atoms with Crippen LogP contribution in [0.4, 0.5) is 0 Å². The third kappa shape index (κ3) is 2.75. The molecule has 92 valence electrons. The molecule has 2 rings (SSSR count). The maximum atomic E-state index is 12.0. The van der Waals surface area contributed by atoms with Crippen LogP contribution in [0, 0.1) is 5.92 Å². The lowest BCUT2D eigenvalue weighted by molar-refractivity contribution is -0.122. The number of hydrogen-bond donors (Lipinski definition) is 1. The molecule has 1 aliphatic carbocycles. The first-order valence-electron chi connectivity index (χ1n) is 6.53. The fourth-order valence-corrected chi connectivity index (χ4v) is 2.46. The molecule has 1 aliphatic rings. The average molecular weight is 231 g/mol. The van der Waals surface area contributed by atoms with Crippen molar-refractivity contribution in [2.45, 2.75) is 32.6 Å². The second-order valence-electron chi connectivity index (χ2n) is 4.98. The van der Waals surface area contributed by atoms with Crippen LogP contribution in [-0.4, -0.2) is 18.9 Å². The largest absolute Gasteiger partial charge is 0.316 e. The van der Waals surface area contributed by atoms with Crippen molar-refractivity contribution < 1.29 is 4.79 Å². The predicted octanol–water partition coefficient (Wildman–Crippen LogP) is 2.53. The van der Waals surface area contributed by atoms with E-state index in [1.54, 1.807) is 0 Å². The molecule has 0 fully saturated rings. The van der Waals surface area contributed by atoms with Crippen LogP contribution in [0.2, 0.25) is 0 Å². The Morgan fingerprint density at radius 1 is 1.47 bits per heavy atom. The van der Waals surface area contributed by atoms with Crippen LogP contribution in [0.15, 0.2) is 24.3 Å². The number of hydrogen-bond acceptors (Lipinski definition) is 2. The lowest BCUT2D eigenvalue weighted by atomic mass is 9.74. The molecule has 0 saturated heterocycles. The SMILES string of the molecule is CCNCC(C)C(=O)CC1Cc2ccccc21. The Labute approximate surface area is 103 Å². The van der Waals surface area contributed by atoms with E-state index >= 15 is 0 Å². The second kappa shape index (κ2) is 5.46. The summed E-state index contributed by atoms with van der Waals surface area (Å²) in [5, 5.41) is 3.24. The molecule has 2 nitrogen and oxygen atoms in total. The normalized spacial score (nSPS) is 19.3. The van der Waals surface area contributed by atoms with Gasteiger partial charge in [0.05, 0.1) is 0 Å². The molecule has 1 aromatic rings. The molecule has 0 spiro atoms. The van der Waals surface area contributed by atoms with Gasteiger partial charge in [0.15, 0.2) is 0 Å². The van der Waals surface area contributed by atoms with Crippen LogP contribution in [0.5, 0.6) is 0 Å². The monoisotopic (exact) mass is 231 g/mol. The lowest BCUT2D eigenvalue weighted by Crippen LogP contribution is -2.29. The molecule has 0 bridgehead atoms. The summed E-state index contributed by atoms with van der Waals surface area (Å²) < 4.78 is 0. The summed E-state index contributed by atoms with van der Waals surface area (Å²) in [6.45, 7) is 5.84. The van der Waals surface area contributed by atoms with Crippen LogP contribution < -0.4 is 5.32 Å². The van der Waals surface area contributed by atoms with Gasteiger partial charge in [-0.15, -0.1) is 0 Å². The first kappa shape index (κ1) is 12.3. The molecule has 17 heavy (non-hydrogen) atoms. The molecular formula is C15H21NO. The van der Waals surface area contributed by atoms with Gasteiger partial charge in [0.2, 0.25) is 0 Å². The first-order valence-corrected chi connectivity index (χ1v) is 6.53. The predicted molar refractivity (Wildman–Crippen MR) is 70.2 cm³/mol. The topological polar surface area (TPSA) is 29.1 Å². The van der Waals surface area contributed by atoms with E-state index in [1.165, 1.54) is 11.1 Å². The van der Waals surface area contributed by atoms with Gasteiger partial charge in [-0.2, -0.15) is 0 Å². The van der Waals surface area contributed by atoms with E-state index in [-0.39, 0.29) is 5.92 Å². The summed E-state index contributed by atoms with van der Waals surface area (Å²) in [6.07, 6.45) is 1.79. The van der Waals surface area contributed by atoms with E-state index in [1.807, 2.05) is 6.92 Å². The zero-order valence-electron chi connectivity index (χ0n) is 10.7. The fraction of sp³-hybridized carbons (Fsp3) is 0.533. The highest BCUT2D eigenvalue weighted by Crippen LogP contribution is 2.37. The summed E-state index contributed by atoms with van der Waals surface area (Å²) in [5.74, 6) is 1.01. The standard InChI is InChI=1S/C15H21NO/c1-3-16-10-11(2)15(17)9-13-8-12-6-4-5-7-14(12)13/h4-7,11,13,16H,3,8-10H2,1-2H3. The minimum absolute atomic E-state index is 0.141. The van der Waals surface area contributed by atoms with Crippen molar-refractivity contribution >= 4 is 5.78 Å². The molecule has 2 unspecified atom stereocenters. The van der Waals surface area contributed by atoms with Gasteiger partial charge in [0.25, 0.3) is 0 Å². The quantitative estimate of drug-likeness (QED) is 0.815. The smallest absolute Gasteiger partial charge is 0.137 e. The number of Topliss-reactive ketones (excluding diaryl/α,β-unsaturated/α-hetero) is 1. The van der Waals surface area contributed by atoms with Gasteiger partial charge in [-0.3, -0.25) is 4.79 Å². The number of rotatable bonds is 6. The first-order chi connectivity index (χ1) is 8.22. The molecule has 0 saturated carbocycles. The number of carbonyl (C=O) groups excluding carboxylic acids is 1. The minimum Gasteiger partial charge on any atom is -0.316 e. The van der Waals surface area contributed by atoms with Crippen LogP contribution >= 0.6 is 0 Å². The summed E-state index contributed by atoms with van der Waals surface area (Å²) in [6, 6.07) is 8.46. The molecule has 0 heterocycles. The van der Waals surface area contributed by atoms with Crippen molar-refractivity contribution in [2.75, 3.05) is 13.1 Å². The maximum Gasteiger partial charge on any atom is 0.137 e. The molecule has 0 aromatic heterocycles. The van der Waals surface area contributed by atoms with Gasteiger partial charge < -0.3 is 5.32 Å². The Hall–Kier alpha value is -1.15. The van der Waals surface area contributed by atoms with Gasteiger partial charge >= 0.3 is 0 Å². The van der Waals surface area contributed by atoms with Crippen molar-refractivity contribution in [1.29, 1.82) is 0 Å². The zero-order valence-corrected chi connectivity index (χ0v) is 10.7. The van der Waals surface area contributed by atoms with Gasteiger partial charge in [-0.05, 0) is 30.0 Å². The van der Waals surface area contributed by atoms with Gasteiger partial charge in [-0.25, -0.2) is 0 Å². The second-order valence-corrected chi connectivity index (χ2v) is 4.98. The molecule has 2 heteroatoms. The Morgan fingerprint density at radius 3 is 2.94 bits per heavy atom. The minimum atomic E-state index is 0.141. The molecule has 2 atom stereocenters. The molecule has 0 radical (unpaired) electrons. The van der Waals surface area contributed by atoms with Crippen LogP contribution in [0.1, 0.15) is 37.3 Å². The van der Waals surface area contributed by atoms with Crippen LogP contribution in [-0.2, 0) is 11.2 Å². The Balaban J connectivity index is 1.85. The van der Waals surface area contributed by atoms with E-state index in [2.05, 4.69) is 36.5 Å². The molecule has 1 aromatic carbocycles. The average Bonchev–Trinajstić information content (AvgIpc) is 2.32. The van der Waals surface area contributed by atoms with Crippen molar-refractivity contribution in [3.8, 4) is 0 Å². The molecular weight excluding hydrogens is 210 g/mol. The number of nitrogens with one attached hydrogen (secondary N) is 1. The number of carbonyl (C=O) groups is 1. The van der Waals surface area contributed by atoms with E-state index in [0.717, 1.165) is 19.5 Å². The van der Waals surface area contributed by atoms with Crippen molar-refractivity contribution in [3.63, 3.8) is 0 Å². The Kier molecular flexibility index (Phi) is 3.95. The third-order valence-electron chi connectivity index (χ3n) is 3.66. The zero-order chi connectivity index (χ0) is 12.3. The van der Waals surface area contributed by atoms with Crippen molar-refractivity contribution in [3.05, 3.63) is 35.4 Å². The summed E-state index contributed by atoms with van der Waals surface area (Å²) >= 11 is 0. The van der Waals surface area contributed by atoms with E-state index in [9.17, 15) is 4.79 Å². The van der Waals surface area contributed by atoms with Crippen LogP contribution in [0.3, 0.4) is 0 Å². The Bertz CT molecular complexity index is 400.